The Bertz CT molecular complexity index is 167. The minimum Gasteiger partial charge on any atom is -0.379 e. The van der Waals surface area contributed by atoms with Gasteiger partial charge in [0.2, 0.25) is 0 Å². The second kappa shape index (κ2) is 6.01. The van der Waals surface area contributed by atoms with Crippen molar-refractivity contribution in [1.29, 1.82) is 0 Å². The average molecular weight is 181 g/mol. The van der Waals surface area contributed by atoms with Crippen LogP contribution in [0.15, 0.2) is 0 Å². The molecular formula is C11H19NO. The van der Waals surface area contributed by atoms with Gasteiger partial charge in [0.1, 0.15) is 0 Å². The second-order valence-corrected chi connectivity index (χ2v) is 3.47. The van der Waals surface area contributed by atoms with Crippen molar-refractivity contribution >= 4 is 0 Å². The summed E-state index contributed by atoms with van der Waals surface area (Å²) in [4.78, 5) is 2.36. The number of hydrogen-bond acceptors (Lipinski definition) is 2. The Balaban J connectivity index is 2.31. The summed E-state index contributed by atoms with van der Waals surface area (Å²) in [5.41, 5.74) is 0. The Morgan fingerprint density at radius 3 is 2.69 bits per heavy atom. The van der Waals surface area contributed by atoms with E-state index in [1.165, 1.54) is 12.8 Å². The van der Waals surface area contributed by atoms with Crippen LogP contribution in [0.1, 0.15) is 26.2 Å². The van der Waals surface area contributed by atoms with Crippen molar-refractivity contribution < 1.29 is 4.74 Å². The first kappa shape index (κ1) is 10.6. The van der Waals surface area contributed by atoms with E-state index >= 15 is 0 Å². The molecule has 0 bridgehead atoms. The molecule has 0 aromatic heterocycles. The van der Waals surface area contributed by atoms with Crippen molar-refractivity contribution in [3.8, 4) is 12.3 Å². The van der Waals surface area contributed by atoms with Crippen LogP contribution in [-0.4, -0.2) is 37.2 Å². The Morgan fingerprint density at radius 1 is 1.46 bits per heavy atom. The zero-order valence-electron chi connectivity index (χ0n) is 8.46. The van der Waals surface area contributed by atoms with E-state index in [4.69, 9.17) is 11.2 Å². The van der Waals surface area contributed by atoms with E-state index in [1.807, 2.05) is 0 Å². The van der Waals surface area contributed by atoms with Gasteiger partial charge in [-0.2, -0.15) is 0 Å². The van der Waals surface area contributed by atoms with Gasteiger partial charge < -0.3 is 4.74 Å². The molecule has 1 rings (SSSR count). The summed E-state index contributed by atoms with van der Waals surface area (Å²) in [6.07, 6.45) is 9.10. The maximum absolute atomic E-state index is 5.51. The highest BCUT2D eigenvalue weighted by molar-refractivity contribution is 5.00. The Hall–Kier alpha value is -0.520. The summed E-state index contributed by atoms with van der Waals surface area (Å²) >= 11 is 0. The lowest BCUT2D eigenvalue weighted by Gasteiger charge is -2.31. The molecule has 2 nitrogen and oxygen atoms in total. The molecule has 1 unspecified atom stereocenters. The monoisotopic (exact) mass is 181 g/mol. The SMILES string of the molecule is C#CC(CCCC)N1CCOCC1. The largest absolute Gasteiger partial charge is 0.379 e. The van der Waals surface area contributed by atoms with Gasteiger partial charge in [-0.05, 0) is 6.42 Å². The summed E-state index contributed by atoms with van der Waals surface area (Å²) < 4.78 is 5.29. The third kappa shape index (κ3) is 3.38. The number of ether oxygens (including phenoxy) is 1. The molecule has 2 heteroatoms. The molecule has 0 aromatic rings. The third-order valence-electron chi connectivity index (χ3n) is 2.51. The summed E-state index contributed by atoms with van der Waals surface area (Å²) in [6.45, 7) is 5.87. The molecule has 1 aliphatic heterocycles. The first-order chi connectivity index (χ1) is 6.38. The highest BCUT2D eigenvalue weighted by Gasteiger charge is 2.17. The summed E-state index contributed by atoms with van der Waals surface area (Å²) in [6, 6.07) is 0.337. The first-order valence-electron chi connectivity index (χ1n) is 5.16. The summed E-state index contributed by atoms with van der Waals surface area (Å²) in [5, 5.41) is 0. The molecule has 0 aromatic carbocycles. The van der Waals surface area contributed by atoms with Crippen molar-refractivity contribution in [2.75, 3.05) is 26.3 Å². The molecule has 1 saturated heterocycles. The number of unbranched alkanes of at least 4 members (excludes halogenated alkanes) is 1. The number of nitrogens with zero attached hydrogens (tertiary/aromatic N) is 1. The molecule has 0 spiro atoms. The van der Waals surface area contributed by atoms with Crippen molar-refractivity contribution in [2.45, 2.75) is 32.2 Å². The van der Waals surface area contributed by atoms with E-state index < -0.39 is 0 Å². The topological polar surface area (TPSA) is 12.5 Å². The maximum atomic E-state index is 5.51. The summed E-state index contributed by atoms with van der Waals surface area (Å²) in [7, 11) is 0. The van der Waals surface area contributed by atoms with Crippen LogP contribution in [-0.2, 0) is 4.74 Å². The number of terminal acetylenes is 1. The lowest BCUT2D eigenvalue weighted by molar-refractivity contribution is 0.0256. The Labute approximate surface area is 81.3 Å². The molecule has 74 valence electrons. The van der Waals surface area contributed by atoms with Crippen LogP contribution in [0.5, 0.6) is 0 Å². The molecule has 1 heterocycles. The standard InChI is InChI=1S/C11H19NO/c1-3-5-6-11(4-2)12-7-9-13-10-8-12/h2,11H,3,5-10H2,1H3. The zero-order valence-corrected chi connectivity index (χ0v) is 8.46. The van der Waals surface area contributed by atoms with Gasteiger partial charge in [0.05, 0.1) is 19.3 Å². The van der Waals surface area contributed by atoms with E-state index in [0.717, 1.165) is 32.7 Å². The van der Waals surface area contributed by atoms with Gasteiger partial charge in [0.15, 0.2) is 0 Å². The second-order valence-electron chi connectivity index (χ2n) is 3.47. The highest BCUT2D eigenvalue weighted by Crippen LogP contribution is 2.09. The van der Waals surface area contributed by atoms with Gasteiger partial charge in [-0.3, -0.25) is 4.90 Å². The van der Waals surface area contributed by atoms with Crippen LogP contribution >= 0.6 is 0 Å². The van der Waals surface area contributed by atoms with E-state index in [-0.39, 0.29) is 0 Å². The van der Waals surface area contributed by atoms with Crippen molar-refractivity contribution in [1.82, 2.24) is 4.90 Å². The predicted molar refractivity (Wildman–Crippen MR) is 54.5 cm³/mol. The van der Waals surface area contributed by atoms with Crippen LogP contribution < -0.4 is 0 Å². The molecule has 0 amide bonds. The molecule has 0 aliphatic carbocycles. The average Bonchev–Trinajstić information content (AvgIpc) is 2.21. The lowest BCUT2D eigenvalue weighted by atomic mass is 10.1. The minimum atomic E-state index is 0.337. The van der Waals surface area contributed by atoms with E-state index in [0.29, 0.717) is 6.04 Å². The summed E-state index contributed by atoms with van der Waals surface area (Å²) in [5.74, 6) is 2.88. The van der Waals surface area contributed by atoms with Crippen molar-refractivity contribution in [2.24, 2.45) is 0 Å². The van der Waals surface area contributed by atoms with Crippen LogP contribution in [0.2, 0.25) is 0 Å². The smallest absolute Gasteiger partial charge is 0.0713 e. The first-order valence-corrected chi connectivity index (χ1v) is 5.16. The van der Waals surface area contributed by atoms with E-state index in [2.05, 4.69) is 17.7 Å². The molecule has 1 fully saturated rings. The molecule has 0 N–H and O–H groups in total. The predicted octanol–water partition coefficient (Wildman–Crippen LogP) is 1.51. The zero-order chi connectivity index (χ0) is 9.52. The molecule has 0 radical (unpaired) electrons. The molecular weight excluding hydrogens is 162 g/mol. The normalized spacial score (nSPS) is 20.9. The molecule has 1 aliphatic rings. The van der Waals surface area contributed by atoms with Gasteiger partial charge in [-0.1, -0.05) is 25.7 Å². The number of rotatable bonds is 4. The van der Waals surface area contributed by atoms with Gasteiger partial charge in [0, 0.05) is 13.1 Å². The minimum absolute atomic E-state index is 0.337. The van der Waals surface area contributed by atoms with E-state index in [9.17, 15) is 0 Å². The van der Waals surface area contributed by atoms with Crippen LogP contribution in [0.4, 0.5) is 0 Å². The fourth-order valence-electron chi connectivity index (χ4n) is 1.66. The van der Waals surface area contributed by atoms with Crippen LogP contribution in [0.25, 0.3) is 0 Å². The fraction of sp³-hybridized carbons (Fsp3) is 0.818. The highest BCUT2D eigenvalue weighted by atomic mass is 16.5. The maximum Gasteiger partial charge on any atom is 0.0713 e. The number of morpholine rings is 1. The fourth-order valence-corrected chi connectivity index (χ4v) is 1.66. The van der Waals surface area contributed by atoms with Gasteiger partial charge >= 0.3 is 0 Å². The van der Waals surface area contributed by atoms with Crippen molar-refractivity contribution in [3.63, 3.8) is 0 Å². The van der Waals surface area contributed by atoms with Crippen molar-refractivity contribution in [3.05, 3.63) is 0 Å². The Kier molecular flexibility index (Phi) is 4.88. The van der Waals surface area contributed by atoms with Gasteiger partial charge in [0.25, 0.3) is 0 Å². The van der Waals surface area contributed by atoms with E-state index in [1.54, 1.807) is 0 Å². The number of hydrogen-bond donors (Lipinski definition) is 0. The lowest BCUT2D eigenvalue weighted by Crippen LogP contribution is -2.42. The van der Waals surface area contributed by atoms with Gasteiger partial charge in [-0.25, -0.2) is 0 Å². The van der Waals surface area contributed by atoms with Crippen LogP contribution in [0.3, 0.4) is 0 Å². The van der Waals surface area contributed by atoms with Gasteiger partial charge in [-0.15, -0.1) is 6.42 Å². The molecule has 1 atom stereocenters. The Morgan fingerprint density at radius 2 is 2.15 bits per heavy atom. The third-order valence-corrected chi connectivity index (χ3v) is 2.51. The molecule has 13 heavy (non-hydrogen) atoms. The van der Waals surface area contributed by atoms with Crippen LogP contribution in [0, 0.1) is 12.3 Å². The molecule has 0 saturated carbocycles. The quantitative estimate of drug-likeness (QED) is 0.610.